The summed E-state index contributed by atoms with van der Waals surface area (Å²) in [7, 11) is 0. The maximum absolute atomic E-state index is 9.45. The standard InChI is InChI=1S/C10H24N2O3/c1-2-14-6-7-15-9-10(13)8-12-5-3-4-11/h10,12-13H,2-9,11H2,1H3. The van der Waals surface area contributed by atoms with Crippen LogP contribution in [0.2, 0.25) is 0 Å². The highest BCUT2D eigenvalue weighted by Crippen LogP contribution is 1.85. The molecule has 0 aliphatic heterocycles. The Morgan fingerprint density at radius 3 is 2.73 bits per heavy atom. The predicted octanol–water partition coefficient (Wildman–Crippen LogP) is -0.661. The van der Waals surface area contributed by atoms with Crippen molar-refractivity contribution in [2.75, 3.05) is 46.1 Å². The summed E-state index contributed by atoms with van der Waals surface area (Å²) in [6.07, 6.45) is 0.474. The largest absolute Gasteiger partial charge is 0.389 e. The van der Waals surface area contributed by atoms with Gasteiger partial charge in [0.1, 0.15) is 0 Å². The number of rotatable bonds is 11. The molecule has 0 heterocycles. The van der Waals surface area contributed by atoms with Gasteiger partial charge >= 0.3 is 0 Å². The quantitative estimate of drug-likeness (QED) is 0.403. The van der Waals surface area contributed by atoms with Crippen LogP contribution in [0.1, 0.15) is 13.3 Å². The van der Waals surface area contributed by atoms with E-state index in [1.165, 1.54) is 0 Å². The van der Waals surface area contributed by atoms with Crippen LogP contribution in [-0.2, 0) is 9.47 Å². The van der Waals surface area contributed by atoms with Gasteiger partial charge in [0.05, 0.1) is 25.9 Å². The van der Waals surface area contributed by atoms with Gasteiger partial charge in [-0.2, -0.15) is 0 Å². The molecule has 0 aliphatic rings. The summed E-state index contributed by atoms with van der Waals surface area (Å²) >= 11 is 0. The van der Waals surface area contributed by atoms with Crippen LogP contribution >= 0.6 is 0 Å². The van der Waals surface area contributed by atoms with Gasteiger partial charge in [0, 0.05) is 13.2 Å². The van der Waals surface area contributed by atoms with Crippen molar-refractivity contribution in [3.05, 3.63) is 0 Å². The Hall–Kier alpha value is -0.200. The van der Waals surface area contributed by atoms with Gasteiger partial charge in [-0.05, 0) is 26.4 Å². The third kappa shape index (κ3) is 11.7. The highest BCUT2D eigenvalue weighted by Gasteiger charge is 2.02. The number of nitrogens with one attached hydrogen (secondary N) is 1. The molecule has 1 unspecified atom stereocenters. The molecule has 0 aromatic heterocycles. The third-order valence-corrected chi connectivity index (χ3v) is 1.82. The summed E-state index contributed by atoms with van der Waals surface area (Å²) in [4.78, 5) is 0. The first-order chi connectivity index (χ1) is 7.31. The molecule has 1 atom stereocenters. The summed E-state index contributed by atoms with van der Waals surface area (Å²) < 4.78 is 10.3. The van der Waals surface area contributed by atoms with Crippen molar-refractivity contribution in [3.63, 3.8) is 0 Å². The fraction of sp³-hybridized carbons (Fsp3) is 1.00. The van der Waals surface area contributed by atoms with Gasteiger partial charge in [-0.3, -0.25) is 0 Å². The molecule has 0 fully saturated rings. The predicted molar refractivity (Wildman–Crippen MR) is 59.9 cm³/mol. The van der Waals surface area contributed by atoms with E-state index in [1.807, 2.05) is 6.92 Å². The number of ether oxygens (including phenoxy) is 2. The smallest absolute Gasteiger partial charge is 0.0897 e. The fourth-order valence-corrected chi connectivity index (χ4v) is 1.04. The summed E-state index contributed by atoms with van der Waals surface area (Å²) in [5.74, 6) is 0. The zero-order valence-electron chi connectivity index (χ0n) is 9.58. The minimum atomic E-state index is -0.454. The molecule has 0 saturated carbocycles. The van der Waals surface area contributed by atoms with Gasteiger partial charge in [0.2, 0.25) is 0 Å². The lowest BCUT2D eigenvalue weighted by atomic mass is 10.3. The molecule has 0 rings (SSSR count). The highest BCUT2D eigenvalue weighted by molar-refractivity contribution is 4.58. The molecule has 15 heavy (non-hydrogen) atoms. The van der Waals surface area contributed by atoms with E-state index in [0.717, 1.165) is 13.0 Å². The zero-order valence-corrected chi connectivity index (χ0v) is 9.58. The minimum absolute atomic E-state index is 0.350. The van der Waals surface area contributed by atoms with Crippen LogP contribution < -0.4 is 11.1 Å². The lowest BCUT2D eigenvalue weighted by Crippen LogP contribution is -2.32. The van der Waals surface area contributed by atoms with E-state index in [9.17, 15) is 5.11 Å². The normalized spacial score (nSPS) is 13.0. The zero-order chi connectivity index (χ0) is 11.4. The lowest BCUT2D eigenvalue weighted by Gasteiger charge is -2.12. The number of nitrogens with two attached hydrogens (primary N) is 1. The van der Waals surface area contributed by atoms with Gasteiger partial charge in [-0.25, -0.2) is 0 Å². The molecule has 0 spiro atoms. The number of hydrogen-bond donors (Lipinski definition) is 3. The first-order valence-electron chi connectivity index (χ1n) is 5.55. The van der Waals surface area contributed by atoms with Crippen LogP contribution in [0.3, 0.4) is 0 Å². The van der Waals surface area contributed by atoms with Crippen LogP contribution in [-0.4, -0.2) is 57.3 Å². The Kier molecular flexibility index (Phi) is 11.7. The minimum Gasteiger partial charge on any atom is -0.389 e. The maximum Gasteiger partial charge on any atom is 0.0897 e. The Labute approximate surface area is 91.9 Å². The van der Waals surface area contributed by atoms with E-state index >= 15 is 0 Å². The monoisotopic (exact) mass is 220 g/mol. The molecule has 0 saturated heterocycles. The van der Waals surface area contributed by atoms with Crippen molar-refractivity contribution < 1.29 is 14.6 Å². The van der Waals surface area contributed by atoms with Crippen LogP contribution in [0, 0.1) is 0 Å². The summed E-state index contributed by atoms with van der Waals surface area (Å²) in [6, 6.07) is 0. The van der Waals surface area contributed by atoms with Gasteiger partial charge in [-0.15, -0.1) is 0 Å². The molecule has 0 bridgehead atoms. The number of aliphatic hydroxyl groups is 1. The van der Waals surface area contributed by atoms with Gasteiger partial charge in [-0.1, -0.05) is 0 Å². The van der Waals surface area contributed by atoms with Gasteiger partial charge in [0.15, 0.2) is 0 Å². The van der Waals surface area contributed by atoms with Crippen molar-refractivity contribution in [1.82, 2.24) is 5.32 Å². The SMILES string of the molecule is CCOCCOCC(O)CNCCCN. The summed E-state index contributed by atoms with van der Waals surface area (Å²) in [5.41, 5.74) is 5.33. The number of aliphatic hydroxyl groups excluding tert-OH is 1. The molecule has 0 amide bonds. The van der Waals surface area contributed by atoms with Crippen molar-refractivity contribution in [1.29, 1.82) is 0 Å². The fourth-order valence-electron chi connectivity index (χ4n) is 1.04. The van der Waals surface area contributed by atoms with Crippen LogP contribution in [0.25, 0.3) is 0 Å². The van der Waals surface area contributed by atoms with E-state index in [0.29, 0.717) is 39.5 Å². The van der Waals surface area contributed by atoms with E-state index < -0.39 is 6.10 Å². The van der Waals surface area contributed by atoms with Crippen LogP contribution in [0.4, 0.5) is 0 Å². The number of hydrogen-bond acceptors (Lipinski definition) is 5. The van der Waals surface area contributed by atoms with Crippen molar-refractivity contribution >= 4 is 0 Å². The van der Waals surface area contributed by atoms with E-state index in [4.69, 9.17) is 15.2 Å². The summed E-state index contributed by atoms with van der Waals surface area (Å²) in [6.45, 7) is 6.18. The van der Waals surface area contributed by atoms with Crippen molar-refractivity contribution in [2.24, 2.45) is 5.73 Å². The van der Waals surface area contributed by atoms with E-state index in [-0.39, 0.29) is 0 Å². The molecule has 0 aromatic rings. The average Bonchev–Trinajstić information content (AvgIpc) is 2.24. The molecule has 0 aliphatic carbocycles. The van der Waals surface area contributed by atoms with Gasteiger partial charge in [0.25, 0.3) is 0 Å². The molecule has 92 valence electrons. The first-order valence-corrected chi connectivity index (χ1v) is 5.55. The average molecular weight is 220 g/mol. The third-order valence-electron chi connectivity index (χ3n) is 1.82. The van der Waals surface area contributed by atoms with Crippen molar-refractivity contribution in [2.45, 2.75) is 19.4 Å². The van der Waals surface area contributed by atoms with Crippen molar-refractivity contribution in [3.8, 4) is 0 Å². The second-order valence-corrected chi connectivity index (χ2v) is 3.27. The molecule has 5 nitrogen and oxygen atoms in total. The molecule has 4 N–H and O–H groups in total. The Morgan fingerprint density at radius 2 is 2.07 bits per heavy atom. The molecule has 0 radical (unpaired) electrons. The Balaban J connectivity index is 3.08. The molecule has 0 aromatic carbocycles. The lowest BCUT2D eigenvalue weighted by molar-refractivity contribution is 0.00657. The molecule has 5 heteroatoms. The second-order valence-electron chi connectivity index (χ2n) is 3.27. The Morgan fingerprint density at radius 1 is 1.33 bits per heavy atom. The van der Waals surface area contributed by atoms with E-state index in [2.05, 4.69) is 5.32 Å². The van der Waals surface area contributed by atoms with Gasteiger partial charge < -0.3 is 25.6 Å². The second kappa shape index (κ2) is 11.9. The van der Waals surface area contributed by atoms with Crippen LogP contribution in [0.15, 0.2) is 0 Å². The topological polar surface area (TPSA) is 76.7 Å². The van der Waals surface area contributed by atoms with E-state index in [1.54, 1.807) is 0 Å². The first kappa shape index (κ1) is 14.8. The molecular weight excluding hydrogens is 196 g/mol. The highest BCUT2D eigenvalue weighted by atomic mass is 16.5. The maximum atomic E-state index is 9.45. The van der Waals surface area contributed by atoms with Crippen LogP contribution in [0.5, 0.6) is 0 Å². The Bertz CT molecular complexity index is 125. The summed E-state index contributed by atoms with van der Waals surface area (Å²) in [5, 5.41) is 12.5. The molecular formula is C10H24N2O3.